The van der Waals surface area contributed by atoms with Crippen LogP contribution >= 0.6 is 0 Å². The SMILES string of the molecule is CCC(N)CNC(=O)c1ccc(F)cc1[N+](=O)[O-]. The molecule has 0 aliphatic heterocycles. The van der Waals surface area contributed by atoms with Gasteiger partial charge in [-0.15, -0.1) is 0 Å². The fourth-order valence-corrected chi connectivity index (χ4v) is 1.31. The van der Waals surface area contributed by atoms with Crippen LogP contribution in [-0.4, -0.2) is 23.4 Å². The molecule has 18 heavy (non-hydrogen) atoms. The third-order valence-corrected chi connectivity index (χ3v) is 2.45. The van der Waals surface area contributed by atoms with Crippen molar-refractivity contribution in [3.05, 3.63) is 39.7 Å². The van der Waals surface area contributed by atoms with E-state index in [1.807, 2.05) is 6.92 Å². The summed E-state index contributed by atoms with van der Waals surface area (Å²) in [6.45, 7) is 2.07. The van der Waals surface area contributed by atoms with Crippen molar-refractivity contribution < 1.29 is 14.1 Å². The largest absolute Gasteiger partial charge is 0.350 e. The first-order chi connectivity index (χ1) is 8.45. The first-order valence-electron chi connectivity index (χ1n) is 5.43. The minimum atomic E-state index is -0.794. The van der Waals surface area contributed by atoms with E-state index < -0.39 is 22.3 Å². The molecule has 0 saturated heterocycles. The normalized spacial score (nSPS) is 11.9. The Morgan fingerprint density at radius 3 is 2.83 bits per heavy atom. The monoisotopic (exact) mass is 255 g/mol. The molecule has 0 saturated carbocycles. The number of halogens is 1. The van der Waals surface area contributed by atoms with Crippen LogP contribution in [-0.2, 0) is 0 Å². The van der Waals surface area contributed by atoms with E-state index in [9.17, 15) is 19.3 Å². The van der Waals surface area contributed by atoms with Gasteiger partial charge in [-0.2, -0.15) is 0 Å². The van der Waals surface area contributed by atoms with Crippen molar-refractivity contribution >= 4 is 11.6 Å². The summed E-state index contributed by atoms with van der Waals surface area (Å²) in [5, 5.41) is 13.2. The standard InChI is InChI=1S/C11H14FN3O3/c1-2-8(13)6-14-11(16)9-4-3-7(12)5-10(9)15(17)18/h3-5,8H,2,6,13H2,1H3,(H,14,16). The van der Waals surface area contributed by atoms with Crippen LogP contribution in [0.5, 0.6) is 0 Å². The molecule has 0 fully saturated rings. The summed E-state index contributed by atoms with van der Waals surface area (Å²) in [6, 6.07) is 2.59. The van der Waals surface area contributed by atoms with E-state index in [2.05, 4.69) is 5.32 Å². The van der Waals surface area contributed by atoms with Crippen molar-refractivity contribution in [3.8, 4) is 0 Å². The van der Waals surface area contributed by atoms with Gasteiger partial charge in [0.25, 0.3) is 11.6 Å². The molecule has 0 bridgehead atoms. The van der Waals surface area contributed by atoms with Gasteiger partial charge in [-0.25, -0.2) is 4.39 Å². The Balaban J connectivity index is 2.88. The number of nitrogens with one attached hydrogen (secondary N) is 1. The maximum Gasteiger partial charge on any atom is 0.285 e. The molecule has 1 unspecified atom stereocenters. The molecule has 0 spiro atoms. The lowest BCUT2D eigenvalue weighted by atomic mass is 10.1. The van der Waals surface area contributed by atoms with E-state index in [1.54, 1.807) is 0 Å². The molecule has 1 amide bonds. The van der Waals surface area contributed by atoms with Gasteiger partial charge >= 0.3 is 0 Å². The molecular formula is C11H14FN3O3. The Kier molecular flexibility index (Phi) is 4.73. The molecule has 98 valence electrons. The van der Waals surface area contributed by atoms with Crippen LogP contribution in [0.3, 0.4) is 0 Å². The zero-order chi connectivity index (χ0) is 13.7. The topological polar surface area (TPSA) is 98.3 Å². The van der Waals surface area contributed by atoms with Gasteiger partial charge in [-0.05, 0) is 18.6 Å². The molecular weight excluding hydrogens is 241 g/mol. The predicted molar refractivity (Wildman–Crippen MR) is 63.7 cm³/mol. The fraction of sp³-hybridized carbons (Fsp3) is 0.364. The van der Waals surface area contributed by atoms with Crippen molar-refractivity contribution in [2.75, 3.05) is 6.54 Å². The van der Waals surface area contributed by atoms with E-state index in [1.165, 1.54) is 0 Å². The van der Waals surface area contributed by atoms with Crippen molar-refractivity contribution in [2.24, 2.45) is 5.73 Å². The number of nitrogens with two attached hydrogens (primary N) is 1. The van der Waals surface area contributed by atoms with Crippen molar-refractivity contribution in [1.82, 2.24) is 5.32 Å². The number of amides is 1. The number of carbonyl (C=O) groups is 1. The number of benzene rings is 1. The lowest BCUT2D eigenvalue weighted by Crippen LogP contribution is -2.36. The second-order valence-corrected chi connectivity index (χ2v) is 3.80. The number of rotatable bonds is 5. The molecule has 0 aromatic heterocycles. The molecule has 0 heterocycles. The number of hydrogen-bond acceptors (Lipinski definition) is 4. The number of hydrogen-bond donors (Lipinski definition) is 2. The Morgan fingerprint density at radius 1 is 1.61 bits per heavy atom. The van der Waals surface area contributed by atoms with Crippen molar-refractivity contribution in [1.29, 1.82) is 0 Å². The van der Waals surface area contributed by atoms with Crippen LogP contribution in [0.15, 0.2) is 18.2 Å². The highest BCUT2D eigenvalue weighted by Crippen LogP contribution is 2.19. The van der Waals surface area contributed by atoms with Gasteiger partial charge < -0.3 is 11.1 Å². The summed E-state index contributed by atoms with van der Waals surface area (Å²) in [5.74, 6) is -1.39. The highest BCUT2D eigenvalue weighted by molar-refractivity contribution is 5.98. The second-order valence-electron chi connectivity index (χ2n) is 3.80. The van der Waals surface area contributed by atoms with Gasteiger partial charge in [0.05, 0.1) is 11.0 Å². The third kappa shape index (κ3) is 3.49. The summed E-state index contributed by atoms with van der Waals surface area (Å²) in [5.41, 5.74) is 4.88. The number of carbonyl (C=O) groups excluding carboxylic acids is 1. The van der Waals surface area contributed by atoms with Crippen LogP contribution < -0.4 is 11.1 Å². The number of nitro groups is 1. The lowest BCUT2D eigenvalue weighted by Gasteiger charge is -2.10. The van der Waals surface area contributed by atoms with Gasteiger partial charge in [-0.3, -0.25) is 14.9 Å². The highest BCUT2D eigenvalue weighted by atomic mass is 19.1. The summed E-state index contributed by atoms with van der Waals surface area (Å²) in [6.07, 6.45) is 0.672. The first-order valence-corrected chi connectivity index (χ1v) is 5.43. The van der Waals surface area contributed by atoms with Gasteiger partial charge in [0.15, 0.2) is 0 Å². The van der Waals surface area contributed by atoms with E-state index in [-0.39, 0.29) is 18.2 Å². The quantitative estimate of drug-likeness (QED) is 0.610. The molecule has 1 rings (SSSR count). The van der Waals surface area contributed by atoms with E-state index in [4.69, 9.17) is 5.73 Å². The zero-order valence-electron chi connectivity index (χ0n) is 9.85. The van der Waals surface area contributed by atoms with E-state index in [0.717, 1.165) is 12.1 Å². The minimum absolute atomic E-state index is 0.176. The van der Waals surface area contributed by atoms with Crippen LogP contribution in [0.25, 0.3) is 0 Å². The van der Waals surface area contributed by atoms with Crippen LogP contribution in [0.2, 0.25) is 0 Å². The summed E-state index contributed by atoms with van der Waals surface area (Å²) in [7, 11) is 0. The molecule has 3 N–H and O–H groups in total. The average Bonchev–Trinajstić information content (AvgIpc) is 2.35. The Hall–Kier alpha value is -2.02. The molecule has 0 aliphatic rings. The molecule has 1 aromatic carbocycles. The van der Waals surface area contributed by atoms with Gasteiger partial charge in [0.2, 0.25) is 0 Å². The molecule has 1 atom stereocenters. The third-order valence-electron chi connectivity index (χ3n) is 2.45. The second kappa shape index (κ2) is 6.06. The smallest absolute Gasteiger partial charge is 0.285 e. The predicted octanol–water partition coefficient (Wildman–Crippen LogP) is 1.20. The Labute approximate surface area is 103 Å². The van der Waals surface area contributed by atoms with Gasteiger partial charge in [-0.1, -0.05) is 6.92 Å². The van der Waals surface area contributed by atoms with Gasteiger partial charge in [0.1, 0.15) is 11.4 Å². The summed E-state index contributed by atoms with van der Waals surface area (Å²) < 4.78 is 12.9. The molecule has 6 nitrogen and oxygen atoms in total. The van der Waals surface area contributed by atoms with Crippen LogP contribution in [0.4, 0.5) is 10.1 Å². The molecule has 1 aromatic rings. The van der Waals surface area contributed by atoms with E-state index in [0.29, 0.717) is 12.5 Å². The number of nitrogens with zero attached hydrogens (tertiary/aromatic N) is 1. The van der Waals surface area contributed by atoms with Gasteiger partial charge in [0, 0.05) is 12.6 Å². The summed E-state index contributed by atoms with van der Waals surface area (Å²) >= 11 is 0. The average molecular weight is 255 g/mol. The van der Waals surface area contributed by atoms with Crippen molar-refractivity contribution in [3.63, 3.8) is 0 Å². The fourth-order valence-electron chi connectivity index (χ4n) is 1.31. The first kappa shape index (κ1) is 14.0. The number of nitro benzene ring substituents is 1. The lowest BCUT2D eigenvalue weighted by molar-refractivity contribution is -0.385. The van der Waals surface area contributed by atoms with Crippen LogP contribution in [0, 0.1) is 15.9 Å². The zero-order valence-corrected chi connectivity index (χ0v) is 9.85. The van der Waals surface area contributed by atoms with E-state index >= 15 is 0 Å². The minimum Gasteiger partial charge on any atom is -0.350 e. The Morgan fingerprint density at radius 2 is 2.28 bits per heavy atom. The van der Waals surface area contributed by atoms with Crippen molar-refractivity contribution in [2.45, 2.75) is 19.4 Å². The highest BCUT2D eigenvalue weighted by Gasteiger charge is 2.20. The maximum atomic E-state index is 12.9. The molecule has 0 radical (unpaired) electrons. The van der Waals surface area contributed by atoms with Crippen LogP contribution in [0.1, 0.15) is 23.7 Å². The summed E-state index contributed by atoms with van der Waals surface area (Å²) in [4.78, 5) is 21.6. The Bertz CT molecular complexity index is 465. The molecule has 0 aliphatic carbocycles. The molecule has 7 heteroatoms. The maximum absolute atomic E-state index is 12.9.